The Balaban J connectivity index is 2.27. The van der Waals surface area contributed by atoms with E-state index < -0.39 is 0 Å². The molecule has 1 rings (SSSR count). The highest BCUT2D eigenvalue weighted by molar-refractivity contribution is 7.11. The topological polar surface area (TPSA) is 74.2 Å². The number of aliphatic hydroxyl groups excluding tert-OH is 1. The first kappa shape index (κ1) is 14.9. The fourth-order valence-corrected chi connectivity index (χ4v) is 2.21. The number of aryl methyl sites for hydroxylation is 1. The quantitative estimate of drug-likeness (QED) is 0.740. The SMILES string of the molecule is CCC(O)CCNC(=O)NC(C)c1ncc(C)s1. The number of urea groups is 1. The van der Waals surface area contributed by atoms with Crippen LogP contribution in [-0.4, -0.2) is 28.8 Å². The summed E-state index contributed by atoms with van der Waals surface area (Å²) in [6, 6.07) is -0.321. The average Bonchev–Trinajstić information content (AvgIpc) is 2.75. The molecule has 3 N–H and O–H groups in total. The number of thiazole rings is 1. The molecule has 0 spiro atoms. The van der Waals surface area contributed by atoms with Gasteiger partial charge in [0.2, 0.25) is 0 Å². The van der Waals surface area contributed by atoms with Crippen molar-refractivity contribution in [1.82, 2.24) is 15.6 Å². The molecule has 1 heterocycles. The third kappa shape index (κ3) is 5.01. The van der Waals surface area contributed by atoms with E-state index in [1.807, 2.05) is 20.8 Å². The van der Waals surface area contributed by atoms with E-state index >= 15 is 0 Å². The van der Waals surface area contributed by atoms with E-state index in [1.54, 1.807) is 17.5 Å². The standard InChI is InChI=1S/C12H21N3O2S/c1-4-10(16)5-6-13-12(17)15-9(3)11-14-7-8(2)18-11/h7,9-10,16H,4-6H2,1-3H3,(H2,13,15,17). The number of aromatic nitrogens is 1. The van der Waals surface area contributed by atoms with Gasteiger partial charge in [-0.3, -0.25) is 0 Å². The van der Waals surface area contributed by atoms with Gasteiger partial charge in [-0.2, -0.15) is 0 Å². The van der Waals surface area contributed by atoms with E-state index in [-0.39, 0.29) is 18.2 Å². The van der Waals surface area contributed by atoms with E-state index in [0.717, 1.165) is 9.88 Å². The van der Waals surface area contributed by atoms with Crippen LogP contribution >= 0.6 is 11.3 Å². The van der Waals surface area contributed by atoms with Crippen molar-refractivity contribution in [3.8, 4) is 0 Å². The first-order valence-electron chi connectivity index (χ1n) is 6.17. The van der Waals surface area contributed by atoms with Crippen LogP contribution in [0.15, 0.2) is 6.20 Å². The van der Waals surface area contributed by atoms with Gasteiger partial charge in [0.15, 0.2) is 0 Å². The highest BCUT2D eigenvalue weighted by Crippen LogP contribution is 2.18. The number of aliphatic hydroxyl groups is 1. The van der Waals surface area contributed by atoms with Crippen LogP contribution < -0.4 is 10.6 Å². The van der Waals surface area contributed by atoms with E-state index in [9.17, 15) is 9.90 Å². The molecule has 0 saturated carbocycles. The highest BCUT2D eigenvalue weighted by Gasteiger charge is 2.12. The van der Waals surface area contributed by atoms with Crippen LogP contribution in [0, 0.1) is 6.92 Å². The summed E-state index contributed by atoms with van der Waals surface area (Å²) in [5.74, 6) is 0. The lowest BCUT2D eigenvalue weighted by molar-refractivity contribution is 0.160. The van der Waals surface area contributed by atoms with Gasteiger partial charge in [-0.25, -0.2) is 9.78 Å². The van der Waals surface area contributed by atoms with Gasteiger partial charge >= 0.3 is 6.03 Å². The van der Waals surface area contributed by atoms with Crippen molar-refractivity contribution in [1.29, 1.82) is 0 Å². The molecule has 6 heteroatoms. The number of nitrogens with zero attached hydrogens (tertiary/aromatic N) is 1. The molecule has 18 heavy (non-hydrogen) atoms. The Labute approximate surface area is 112 Å². The smallest absolute Gasteiger partial charge is 0.315 e. The Morgan fingerprint density at radius 3 is 2.89 bits per heavy atom. The van der Waals surface area contributed by atoms with Crippen molar-refractivity contribution in [3.05, 3.63) is 16.1 Å². The van der Waals surface area contributed by atoms with Gasteiger partial charge in [0.05, 0.1) is 12.1 Å². The minimum absolute atomic E-state index is 0.0974. The summed E-state index contributed by atoms with van der Waals surface area (Å²) in [7, 11) is 0. The number of amides is 2. The minimum Gasteiger partial charge on any atom is -0.393 e. The van der Waals surface area contributed by atoms with E-state index in [2.05, 4.69) is 15.6 Å². The second-order valence-electron chi connectivity index (χ2n) is 4.28. The first-order chi connectivity index (χ1) is 8.52. The summed E-state index contributed by atoms with van der Waals surface area (Å²) in [5, 5.41) is 15.8. The van der Waals surface area contributed by atoms with E-state index in [0.29, 0.717) is 19.4 Å². The number of carbonyl (C=O) groups excluding carboxylic acids is 1. The molecule has 0 bridgehead atoms. The predicted molar refractivity (Wildman–Crippen MR) is 72.7 cm³/mol. The van der Waals surface area contributed by atoms with Crippen LogP contribution in [0.25, 0.3) is 0 Å². The lowest BCUT2D eigenvalue weighted by atomic mass is 10.2. The number of rotatable bonds is 6. The third-order valence-corrected chi connectivity index (χ3v) is 3.69. The molecule has 1 aromatic rings. The molecule has 0 aliphatic heterocycles. The molecule has 0 fully saturated rings. The second-order valence-corrected chi connectivity index (χ2v) is 5.55. The molecule has 2 amide bonds. The Morgan fingerprint density at radius 2 is 2.33 bits per heavy atom. The van der Waals surface area contributed by atoms with Gasteiger partial charge in [0, 0.05) is 17.6 Å². The number of carbonyl (C=O) groups is 1. The lowest BCUT2D eigenvalue weighted by Gasteiger charge is -2.13. The summed E-state index contributed by atoms with van der Waals surface area (Å²) in [6.45, 7) is 6.28. The van der Waals surface area contributed by atoms with Gasteiger partial charge in [-0.05, 0) is 26.7 Å². The zero-order valence-corrected chi connectivity index (χ0v) is 11.9. The summed E-state index contributed by atoms with van der Waals surface area (Å²) in [4.78, 5) is 16.9. The Kier molecular flexibility index (Phi) is 6.07. The van der Waals surface area contributed by atoms with Crippen LogP contribution in [0.4, 0.5) is 4.79 Å². The molecule has 0 radical (unpaired) electrons. The lowest BCUT2D eigenvalue weighted by Crippen LogP contribution is -2.38. The molecule has 2 unspecified atom stereocenters. The molecular formula is C12H21N3O2S. The largest absolute Gasteiger partial charge is 0.393 e. The molecule has 102 valence electrons. The summed E-state index contributed by atoms with van der Waals surface area (Å²) in [5.41, 5.74) is 0. The minimum atomic E-state index is -0.343. The number of nitrogens with one attached hydrogen (secondary N) is 2. The Bertz CT molecular complexity index is 381. The van der Waals surface area contributed by atoms with Gasteiger partial charge < -0.3 is 15.7 Å². The predicted octanol–water partition coefficient (Wildman–Crippen LogP) is 1.97. The maximum atomic E-state index is 11.6. The molecule has 0 aliphatic rings. The van der Waals surface area contributed by atoms with Gasteiger partial charge in [0.1, 0.15) is 5.01 Å². The van der Waals surface area contributed by atoms with E-state index in [4.69, 9.17) is 0 Å². The fourth-order valence-electron chi connectivity index (χ4n) is 1.44. The van der Waals surface area contributed by atoms with Gasteiger partial charge in [0.25, 0.3) is 0 Å². The van der Waals surface area contributed by atoms with Crippen molar-refractivity contribution < 1.29 is 9.90 Å². The average molecular weight is 271 g/mol. The monoisotopic (exact) mass is 271 g/mol. The molecule has 2 atom stereocenters. The van der Waals surface area contributed by atoms with Crippen LogP contribution in [0.1, 0.15) is 42.6 Å². The number of hydrogen-bond donors (Lipinski definition) is 3. The van der Waals surface area contributed by atoms with E-state index in [1.165, 1.54) is 0 Å². The van der Waals surface area contributed by atoms with Crippen molar-refractivity contribution in [3.63, 3.8) is 0 Å². The Hall–Kier alpha value is -1.14. The van der Waals surface area contributed by atoms with Crippen molar-refractivity contribution >= 4 is 17.4 Å². The molecular weight excluding hydrogens is 250 g/mol. The van der Waals surface area contributed by atoms with Crippen LogP contribution in [0.2, 0.25) is 0 Å². The van der Waals surface area contributed by atoms with Crippen molar-refractivity contribution in [2.45, 2.75) is 45.8 Å². The van der Waals surface area contributed by atoms with Crippen LogP contribution in [0.3, 0.4) is 0 Å². The third-order valence-electron chi connectivity index (χ3n) is 2.59. The maximum absolute atomic E-state index is 11.6. The second kappa shape index (κ2) is 7.33. The fraction of sp³-hybridized carbons (Fsp3) is 0.667. The van der Waals surface area contributed by atoms with Crippen LogP contribution in [-0.2, 0) is 0 Å². The Morgan fingerprint density at radius 1 is 1.61 bits per heavy atom. The molecule has 0 saturated heterocycles. The normalized spacial score (nSPS) is 14.0. The van der Waals surface area contributed by atoms with Crippen molar-refractivity contribution in [2.75, 3.05) is 6.54 Å². The molecule has 0 aromatic carbocycles. The molecule has 5 nitrogen and oxygen atoms in total. The van der Waals surface area contributed by atoms with Gasteiger partial charge in [-0.1, -0.05) is 6.92 Å². The van der Waals surface area contributed by atoms with Crippen LogP contribution in [0.5, 0.6) is 0 Å². The summed E-state index contributed by atoms with van der Waals surface area (Å²) in [6.07, 6.45) is 2.74. The summed E-state index contributed by atoms with van der Waals surface area (Å²) < 4.78 is 0. The zero-order chi connectivity index (χ0) is 13.5. The molecule has 0 aliphatic carbocycles. The highest BCUT2D eigenvalue weighted by atomic mass is 32.1. The van der Waals surface area contributed by atoms with Gasteiger partial charge in [-0.15, -0.1) is 11.3 Å². The van der Waals surface area contributed by atoms with Crippen molar-refractivity contribution in [2.24, 2.45) is 0 Å². The maximum Gasteiger partial charge on any atom is 0.315 e. The number of hydrogen-bond acceptors (Lipinski definition) is 4. The summed E-state index contributed by atoms with van der Waals surface area (Å²) >= 11 is 1.58. The molecule has 1 aromatic heterocycles. The zero-order valence-electron chi connectivity index (χ0n) is 11.1. The first-order valence-corrected chi connectivity index (χ1v) is 6.99.